The van der Waals surface area contributed by atoms with Gasteiger partial charge in [0, 0.05) is 10.8 Å². The van der Waals surface area contributed by atoms with Gasteiger partial charge in [-0.1, -0.05) is 36.4 Å². The predicted octanol–water partition coefficient (Wildman–Crippen LogP) is -1.60. The van der Waals surface area contributed by atoms with Crippen LogP contribution in [0.25, 0.3) is 16.5 Å². The number of rotatable bonds is 2. The van der Waals surface area contributed by atoms with Crippen molar-refractivity contribution in [1.29, 1.82) is 0 Å². The van der Waals surface area contributed by atoms with E-state index >= 15 is 0 Å². The number of aliphatic hydroxyl groups excluding tert-OH is 3. The van der Waals surface area contributed by atoms with Gasteiger partial charge in [0.1, 0.15) is 22.8 Å². The molecule has 1 fully saturated rings. The molecule has 0 heterocycles. The van der Waals surface area contributed by atoms with Crippen LogP contribution >= 0.6 is 0 Å². The number of hydrogen-bond acceptors (Lipinski definition) is 13. The Labute approximate surface area is 252 Å². The van der Waals surface area contributed by atoms with Crippen LogP contribution in [0.3, 0.4) is 0 Å². The molecule has 234 valence electrons. The average molecular weight is 621 g/mol. The molecule has 3 aliphatic rings. The summed E-state index contributed by atoms with van der Waals surface area (Å²) in [5, 5.41) is 66.8. The molecule has 0 spiro atoms. The Hall–Kier alpha value is -5.02. The summed E-state index contributed by atoms with van der Waals surface area (Å²) in [6.45, 7) is 1.25. The second kappa shape index (κ2) is 10.3. The van der Waals surface area contributed by atoms with Crippen molar-refractivity contribution in [2.24, 2.45) is 17.6 Å². The van der Waals surface area contributed by atoms with Crippen molar-refractivity contribution in [3.8, 4) is 5.75 Å². The van der Waals surface area contributed by atoms with E-state index in [1.807, 2.05) is 0 Å². The molecule has 0 radical (unpaired) electrons. The number of phenols is 1. The van der Waals surface area contributed by atoms with E-state index in [9.17, 15) is 59.4 Å². The maximum atomic E-state index is 13.7. The van der Waals surface area contributed by atoms with Crippen LogP contribution in [0.2, 0.25) is 0 Å². The first-order valence-electron chi connectivity index (χ1n) is 13.5. The zero-order valence-electron chi connectivity index (χ0n) is 24.0. The molecule has 14 nitrogen and oxygen atoms in total. The fourth-order valence-corrected chi connectivity index (χ4v) is 6.82. The number of nitrogens with two attached hydrogens (primary N) is 1. The fourth-order valence-electron chi connectivity index (χ4n) is 6.82. The summed E-state index contributed by atoms with van der Waals surface area (Å²) in [7, 11) is 2.80. The predicted molar refractivity (Wildman–Crippen MR) is 157 cm³/mol. The third-order valence-electron chi connectivity index (χ3n) is 8.86. The number of primary amides is 1. The number of fused-ring (bicyclic) bond motifs is 4. The smallest absolute Gasteiger partial charge is 0.273 e. The number of likely N-dealkylation sites (N-methyl/N-ethyl adjacent to an activating group) is 1. The molecule has 45 heavy (non-hydrogen) atoms. The average Bonchev–Trinajstić information content (AvgIpc) is 3.19. The van der Waals surface area contributed by atoms with Crippen LogP contribution in [0.5, 0.6) is 5.75 Å². The zero-order valence-corrected chi connectivity index (χ0v) is 24.0. The lowest BCUT2D eigenvalue weighted by atomic mass is 9.53. The number of carbonyl (C=O) groups excluding carboxylic acids is 3. The minimum Gasteiger partial charge on any atom is -0.508 e. The Morgan fingerprint density at radius 2 is 1.42 bits per heavy atom. The minimum atomic E-state index is -3.02. The number of aromatic hydroxyl groups is 1. The number of Topliss-reactive ketones (excluding diaryl/α,β-unsaturated/α-hetero) is 2. The minimum absolute atomic E-state index is 0.00664. The van der Waals surface area contributed by atoms with Crippen molar-refractivity contribution >= 4 is 34.0 Å². The Morgan fingerprint density at radius 1 is 0.867 bits per heavy atom. The van der Waals surface area contributed by atoms with E-state index < -0.39 is 97.4 Å². The molecule has 14 heteroatoms. The lowest BCUT2D eigenvalue weighted by Crippen LogP contribution is -2.71. The Morgan fingerprint density at radius 3 is 1.93 bits per heavy atom. The Kier molecular flexibility index (Phi) is 7.17. The molecule has 3 aromatic carbocycles. The Bertz CT molecular complexity index is 1980. The van der Waals surface area contributed by atoms with E-state index in [0.29, 0.717) is 0 Å². The molecule has 0 aromatic heterocycles. The first-order valence-corrected chi connectivity index (χ1v) is 13.5. The Balaban J connectivity index is 0.000000277. The van der Waals surface area contributed by atoms with E-state index in [1.165, 1.54) is 56.3 Å². The summed E-state index contributed by atoms with van der Waals surface area (Å²) in [5.41, 5.74) is -4.06. The topological polar surface area (TPSA) is 253 Å². The lowest BCUT2D eigenvalue weighted by Gasteiger charge is -2.55. The highest BCUT2D eigenvalue weighted by Crippen LogP contribution is 2.57. The van der Waals surface area contributed by atoms with Gasteiger partial charge < -0.3 is 36.4 Å². The summed E-state index contributed by atoms with van der Waals surface area (Å²) in [4.78, 5) is 72.9. The van der Waals surface area contributed by atoms with Crippen molar-refractivity contribution < 1.29 is 45.0 Å². The van der Waals surface area contributed by atoms with Crippen LogP contribution in [0.4, 0.5) is 0 Å². The number of phenolic OH excluding ortho intramolecular Hbond substituents is 1. The number of ketones is 2. The lowest BCUT2D eigenvalue weighted by molar-refractivity contribution is -0.181. The highest BCUT2D eigenvalue weighted by atomic mass is 16.4. The highest BCUT2D eigenvalue weighted by molar-refractivity contribution is 6.24. The maximum absolute atomic E-state index is 13.7. The van der Waals surface area contributed by atoms with E-state index in [0.717, 1.165) is 0 Å². The number of carbonyl (C=O) groups is 3. The second-order valence-corrected chi connectivity index (χ2v) is 11.6. The highest BCUT2D eigenvalue weighted by Gasteiger charge is 2.70. The number of hydrogen-bond donors (Lipinski definition) is 7. The maximum Gasteiger partial charge on any atom is 0.273 e. The molecule has 8 N–H and O–H groups in total. The van der Waals surface area contributed by atoms with Crippen molar-refractivity contribution in [3.05, 3.63) is 101 Å². The van der Waals surface area contributed by atoms with Crippen LogP contribution in [0, 0.1) is 11.8 Å². The van der Waals surface area contributed by atoms with Crippen molar-refractivity contribution in [2.75, 3.05) is 14.1 Å². The molecular formula is C31H28N2O12. The number of aliphatic hydroxyl groups is 5. The van der Waals surface area contributed by atoms with Gasteiger partial charge >= 0.3 is 0 Å². The van der Waals surface area contributed by atoms with Gasteiger partial charge in [0.15, 0.2) is 11.4 Å². The van der Waals surface area contributed by atoms with Gasteiger partial charge in [-0.25, -0.2) is 0 Å². The molecule has 0 unspecified atom stereocenters. The molecule has 1 amide bonds. The molecular weight excluding hydrogens is 592 g/mol. The van der Waals surface area contributed by atoms with Gasteiger partial charge in [-0.15, -0.1) is 0 Å². The quantitative estimate of drug-likeness (QED) is 0.126. The molecule has 0 saturated heterocycles. The summed E-state index contributed by atoms with van der Waals surface area (Å²) >= 11 is 0. The summed E-state index contributed by atoms with van der Waals surface area (Å²) in [6, 6.07) is 8.73. The van der Waals surface area contributed by atoms with E-state index in [2.05, 4.69) is 0 Å². The fraction of sp³-hybridized carbons (Fsp3) is 0.290. The third kappa shape index (κ3) is 4.10. The van der Waals surface area contributed by atoms with Gasteiger partial charge in [-0.2, -0.15) is 0 Å². The van der Waals surface area contributed by atoms with Crippen molar-refractivity contribution in [1.82, 2.24) is 4.90 Å². The first-order chi connectivity index (χ1) is 20.9. The van der Waals surface area contributed by atoms with Gasteiger partial charge in [0.2, 0.25) is 16.6 Å². The van der Waals surface area contributed by atoms with Gasteiger partial charge in [0.25, 0.3) is 11.3 Å². The monoisotopic (exact) mass is 620 g/mol. The molecule has 6 atom stereocenters. The van der Waals surface area contributed by atoms with Gasteiger partial charge in [-0.05, 0) is 32.6 Å². The van der Waals surface area contributed by atoms with Crippen LogP contribution in [-0.2, 0) is 20.0 Å². The van der Waals surface area contributed by atoms with E-state index in [-0.39, 0.29) is 21.9 Å². The summed E-state index contributed by atoms with van der Waals surface area (Å²) < 4.78 is 0. The first kappa shape index (κ1) is 31.4. The van der Waals surface area contributed by atoms with Gasteiger partial charge in [0.05, 0.1) is 40.7 Å². The van der Waals surface area contributed by atoms with Gasteiger partial charge in [-0.3, -0.25) is 33.7 Å². The number of benzene rings is 2. The zero-order chi connectivity index (χ0) is 33.5. The number of amides is 1. The van der Waals surface area contributed by atoms with Crippen molar-refractivity contribution in [2.45, 2.75) is 30.3 Å². The molecule has 6 rings (SSSR count). The molecule has 0 bridgehead atoms. The van der Waals surface area contributed by atoms with Crippen LogP contribution < -0.4 is 22.0 Å². The van der Waals surface area contributed by atoms with E-state index in [1.54, 1.807) is 12.1 Å². The second-order valence-electron chi connectivity index (χ2n) is 11.6. The molecule has 3 aromatic rings. The molecule has 0 aliphatic heterocycles. The third-order valence-corrected chi connectivity index (χ3v) is 8.86. The van der Waals surface area contributed by atoms with Crippen LogP contribution in [0.15, 0.2) is 73.8 Å². The van der Waals surface area contributed by atoms with Crippen LogP contribution in [0.1, 0.15) is 18.1 Å². The largest absolute Gasteiger partial charge is 0.508 e. The van der Waals surface area contributed by atoms with E-state index in [4.69, 9.17) is 5.73 Å². The molecule has 1 saturated carbocycles. The standard InChI is InChI=1S/C22H24N2O9.C9H4O3/c1-21(32)7-5-4-6-8(25)9(7)15(26)10-12(21)17(28)13-14(24(2)3)16(27)11(20(23)31)19(30)22(13,33)18(10)29;10-7-5-3-1-2-4-6(5)8(11)9(7)12/h4-6,12-14,17,25-26,28,30,32-33H,1-3H3,(H2,23,31);1-4H/t12-,13-,14+,17+,21-,22+;/m1./s1. The van der Waals surface area contributed by atoms with Crippen molar-refractivity contribution in [3.63, 3.8) is 0 Å². The SMILES string of the molecule is CN(C)[C@@H]1C(=O)C(C(N)=O)=C(O)[C@@]2(O)C(=O)C3=C(O)c4c(O)cccc4[C@@](C)(O)[C@H]3[C@H](O)[C@@H]12.O=c1c(=O)c2ccccc2c1=O. The summed E-state index contributed by atoms with van der Waals surface area (Å²) in [6.07, 6.45) is -1.87. The van der Waals surface area contributed by atoms with Crippen LogP contribution in [-0.4, -0.2) is 84.9 Å². The number of nitrogens with zero attached hydrogens (tertiary/aromatic N) is 1. The molecule has 3 aliphatic carbocycles. The summed E-state index contributed by atoms with van der Waals surface area (Å²) in [5.74, 6) is -9.67. The normalized spacial score (nSPS) is 29.2.